The molecule has 128 valence electrons. The van der Waals surface area contributed by atoms with Crippen LogP contribution in [0.3, 0.4) is 0 Å². The molecule has 25 heavy (non-hydrogen) atoms. The second-order valence-electron chi connectivity index (χ2n) is 6.76. The number of nitriles is 1. The summed E-state index contributed by atoms with van der Waals surface area (Å²) in [5.74, 6) is 0.580. The predicted molar refractivity (Wildman–Crippen MR) is 99.0 cm³/mol. The standard InChI is InChI=1S/C22H24N2O/c1-2-13-24(16-18-9-7-17(15-23)8-10-18)22(25)14-20-12-11-19-5-3-4-6-21(19)20/h3-10,20H,2,11-14,16H2,1H3. The summed E-state index contributed by atoms with van der Waals surface area (Å²) in [4.78, 5) is 14.9. The van der Waals surface area contributed by atoms with Gasteiger partial charge < -0.3 is 4.90 Å². The summed E-state index contributed by atoms with van der Waals surface area (Å²) in [5, 5.41) is 8.91. The number of nitrogens with zero attached hydrogens (tertiary/aromatic N) is 2. The Labute approximate surface area is 149 Å². The lowest BCUT2D eigenvalue weighted by Gasteiger charge is -2.24. The van der Waals surface area contributed by atoms with Gasteiger partial charge in [0.15, 0.2) is 0 Å². The van der Waals surface area contributed by atoms with Crippen molar-refractivity contribution >= 4 is 5.91 Å². The van der Waals surface area contributed by atoms with Gasteiger partial charge in [-0.3, -0.25) is 4.79 Å². The van der Waals surface area contributed by atoms with Gasteiger partial charge in [0.2, 0.25) is 5.91 Å². The Morgan fingerprint density at radius 3 is 2.68 bits per heavy atom. The van der Waals surface area contributed by atoms with Gasteiger partial charge in [0.25, 0.3) is 0 Å². The quantitative estimate of drug-likeness (QED) is 0.786. The van der Waals surface area contributed by atoms with E-state index in [9.17, 15) is 4.79 Å². The minimum absolute atomic E-state index is 0.230. The first-order valence-corrected chi connectivity index (χ1v) is 9.06. The van der Waals surface area contributed by atoms with Crippen molar-refractivity contribution in [2.45, 2.75) is 45.1 Å². The van der Waals surface area contributed by atoms with Crippen molar-refractivity contribution in [2.24, 2.45) is 0 Å². The first kappa shape index (κ1) is 17.2. The van der Waals surface area contributed by atoms with Crippen LogP contribution in [0.15, 0.2) is 48.5 Å². The predicted octanol–water partition coefficient (Wildman–Crippen LogP) is 4.42. The molecule has 0 saturated carbocycles. The number of amides is 1. The Kier molecular flexibility index (Phi) is 5.50. The molecule has 0 N–H and O–H groups in total. The zero-order valence-corrected chi connectivity index (χ0v) is 14.7. The van der Waals surface area contributed by atoms with E-state index in [1.54, 1.807) is 0 Å². The Morgan fingerprint density at radius 1 is 1.20 bits per heavy atom. The summed E-state index contributed by atoms with van der Waals surface area (Å²) in [7, 11) is 0. The van der Waals surface area contributed by atoms with Gasteiger partial charge in [-0.25, -0.2) is 0 Å². The van der Waals surface area contributed by atoms with Crippen LogP contribution in [0.4, 0.5) is 0 Å². The number of benzene rings is 2. The van der Waals surface area contributed by atoms with Crippen LogP contribution in [0.1, 0.15) is 54.4 Å². The van der Waals surface area contributed by atoms with E-state index in [0.29, 0.717) is 24.4 Å². The van der Waals surface area contributed by atoms with Gasteiger partial charge in [0.05, 0.1) is 11.6 Å². The van der Waals surface area contributed by atoms with Crippen molar-refractivity contribution in [3.05, 3.63) is 70.8 Å². The monoisotopic (exact) mass is 332 g/mol. The summed E-state index contributed by atoms with van der Waals surface area (Å²) in [6, 6.07) is 18.2. The molecule has 1 aliphatic rings. The van der Waals surface area contributed by atoms with Crippen LogP contribution in [0.2, 0.25) is 0 Å². The molecule has 0 bridgehead atoms. The number of carbonyl (C=O) groups is 1. The van der Waals surface area contributed by atoms with Crippen LogP contribution in [0.5, 0.6) is 0 Å². The largest absolute Gasteiger partial charge is 0.338 e. The van der Waals surface area contributed by atoms with Gasteiger partial charge in [-0.05, 0) is 54.0 Å². The molecule has 0 aromatic heterocycles. The molecule has 1 atom stereocenters. The maximum atomic E-state index is 12.9. The summed E-state index contributed by atoms with van der Waals surface area (Å²) in [6.07, 6.45) is 3.69. The Bertz CT molecular complexity index is 773. The highest BCUT2D eigenvalue weighted by Crippen LogP contribution is 2.35. The summed E-state index contributed by atoms with van der Waals surface area (Å²) in [6.45, 7) is 3.49. The third kappa shape index (κ3) is 4.09. The topological polar surface area (TPSA) is 44.1 Å². The second kappa shape index (κ2) is 7.98. The number of fused-ring (bicyclic) bond motifs is 1. The van der Waals surface area contributed by atoms with Gasteiger partial charge in [-0.1, -0.05) is 43.3 Å². The fraction of sp³-hybridized carbons (Fsp3) is 0.364. The van der Waals surface area contributed by atoms with Gasteiger partial charge >= 0.3 is 0 Å². The van der Waals surface area contributed by atoms with Crippen molar-refractivity contribution in [1.29, 1.82) is 5.26 Å². The Morgan fingerprint density at radius 2 is 1.96 bits per heavy atom. The smallest absolute Gasteiger partial charge is 0.223 e. The third-order valence-electron chi connectivity index (χ3n) is 4.98. The maximum Gasteiger partial charge on any atom is 0.223 e. The number of aryl methyl sites for hydroxylation is 1. The van der Waals surface area contributed by atoms with E-state index in [1.165, 1.54) is 11.1 Å². The number of hydrogen-bond acceptors (Lipinski definition) is 2. The van der Waals surface area contributed by atoms with Crippen LogP contribution >= 0.6 is 0 Å². The van der Waals surface area contributed by atoms with Gasteiger partial charge in [0.1, 0.15) is 0 Å². The molecule has 1 unspecified atom stereocenters. The molecule has 0 saturated heterocycles. The first-order valence-electron chi connectivity index (χ1n) is 9.06. The highest BCUT2D eigenvalue weighted by molar-refractivity contribution is 5.77. The molecule has 2 aromatic carbocycles. The number of hydrogen-bond donors (Lipinski definition) is 0. The van der Waals surface area contributed by atoms with Crippen LogP contribution in [0, 0.1) is 11.3 Å². The summed E-state index contributed by atoms with van der Waals surface area (Å²) in [5.41, 5.74) is 4.48. The fourth-order valence-electron chi connectivity index (χ4n) is 3.66. The lowest BCUT2D eigenvalue weighted by Crippen LogP contribution is -2.32. The molecule has 3 heteroatoms. The van der Waals surface area contributed by atoms with Crippen LogP contribution in [-0.2, 0) is 17.8 Å². The minimum atomic E-state index is 0.230. The fourth-order valence-corrected chi connectivity index (χ4v) is 3.66. The molecule has 0 heterocycles. The van der Waals surface area contributed by atoms with Crippen molar-refractivity contribution in [3.63, 3.8) is 0 Å². The average molecular weight is 332 g/mol. The van der Waals surface area contributed by atoms with Crippen LogP contribution in [0.25, 0.3) is 0 Å². The molecule has 3 rings (SSSR count). The molecular formula is C22H24N2O. The van der Waals surface area contributed by atoms with Gasteiger partial charge in [-0.2, -0.15) is 5.26 Å². The minimum Gasteiger partial charge on any atom is -0.338 e. The average Bonchev–Trinajstić information content (AvgIpc) is 3.05. The van der Waals surface area contributed by atoms with Crippen LogP contribution < -0.4 is 0 Å². The highest BCUT2D eigenvalue weighted by atomic mass is 16.2. The SMILES string of the molecule is CCCN(Cc1ccc(C#N)cc1)C(=O)CC1CCc2ccccc21. The van der Waals surface area contributed by atoms with Crippen LogP contribution in [-0.4, -0.2) is 17.4 Å². The molecule has 0 spiro atoms. The lowest BCUT2D eigenvalue weighted by molar-refractivity contribution is -0.132. The normalized spacial score (nSPS) is 15.4. The van der Waals surface area contributed by atoms with Crippen molar-refractivity contribution in [3.8, 4) is 6.07 Å². The van der Waals surface area contributed by atoms with E-state index in [1.807, 2.05) is 29.2 Å². The van der Waals surface area contributed by atoms with E-state index in [0.717, 1.165) is 31.4 Å². The molecular weight excluding hydrogens is 308 g/mol. The Hall–Kier alpha value is -2.60. The Balaban J connectivity index is 1.67. The van der Waals surface area contributed by atoms with Gasteiger partial charge in [0, 0.05) is 19.5 Å². The molecule has 3 nitrogen and oxygen atoms in total. The highest BCUT2D eigenvalue weighted by Gasteiger charge is 2.26. The number of carbonyl (C=O) groups excluding carboxylic acids is 1. The molecule has 1 amide bonds. The third-order valence-corrected chi connectivity index (χ3v) is 4.98. The molecule has 0 fully saturated rings. The first-order chi connectivity index (χ1) is 12.2. The van der Waals surface area contributed by atoms with Gasteiger partial charge in [-0.15, -0.1) is 0 Å². The molecule has 0 radical (unpaired) electrons. The van der Waals surface area contributed by atoms with Crippen molar-refractivity contribution in [2.75, 3.05) is 6.54 Å². The summed E-state index contributed by atoms with van der Waals surface area (Å²) < 4.78 is 0. The number of rotatable bonds is 6. The second-order valence-corrected chi connectivity index (χ2v) is 6.76. The van der Waals surface area contributed by atoms with Crippen molar-refractivity contribution in [1.82, 2.24) is 4.90 Å². The van der Waals surface area contributed by atoms with E-state index >= 15 is 0 Å². The molecule has 1 aliphatic carbocycles. The van der Waals surface area contributed by atoms with E-state index < -0.39 is 0 Å². The zero-order valence-electron chi connectivity index (χ0n) is 14.7. The zero-order chi connectivity index (χ0) is 17.6. The lowest BCUT2D eigenvalue weighted by atomic mass is 9.97. The van der Waals surface area contributed by atoms with E-state index in [2.05, 4.69) is 37.3 Å². The van der Waals surface area contributed by atoms with Crippen molar-refractivity contribution < 1.29 is 4.79 Å². The molecule has 2 aromatic rings. The van der Waals surface area contributed by atoms with E-state index in [4.69, 9.17) is 5.26 Å². The summed E-state index contributed by atoms with van der Waals surface area (Å²) >= 11 is 0. The maximum absolute atomic E-state index is 12.9. The van der Waals surface area contributed by atoms with E-state index in [-0.39, 0.29) is 5.91 Å². The molecule has 0 aliphatic heterocycles.